The molecule has 0 saturated carbocycles. The molecular weight excluding hydrogens is 999 g/mol. The molecule has 0 bridgehead atoms. The van der Waals surface area contributed by atoms with Gasteiger partial charge in [0.05, 0.1) is 25.4 Å². The second-order valence-electron chi connectivity index (χ2n) is 19.3. The zero-order valence-electron chi connectivity index (χ0n) is 44.2. The molecule has 1 aliphatic rings. The molecule has 25 nitrogen and oxygen atoms in total. The van der Waals surface area contributed by atoms with E-state index in [1.807, 2.05) is 18.2 Å². The fourth-order valence-electron chi connectivity index (χ4n) is 8.55. The average molecular weight is 1070 g/mol. The lowest BCUT2D eigenvalue weighted by atomic mass is 9.96. The Hall–Kier alpha value is -8.09. The summed E-state index contributed by atoms with van der Waals surface area (Å²) in [6, 6.07) is 4.67. The molecule has 420 valence electrons. The summed E-state index contributed by atoms with van der Waals surface area (Å²) < 4.78 is 5.28. The molecule has 7 amide bonds. The van der Waals surface area contributed by atoms with E-state index in [0.717, 1.165) is 5.56 Å². The number of hydrogen-bond donors (Lipinski definition) is 12. The van der Waals surface area contributed by atoms with Crippen LogP contribution in [0, 0.1) is 11.8 Å². The van der Waals surface area contributed by atoms with Crippen LogP contribution in [0.1, 0.15) is 90.0 Å². The third-order valence-corrected chi connectivity index (χ3v) is 13.0. The van der Waals surface area contributed by atoms with E-state index in [-0.39, 0.29) is 69.9 Å². The second kappa shape index (κ2) is 30.5. The van der Waals surface area contributed by atoms with Crippen LogP contribution in [0.15, 0.2) is 72.1 Å². The number of nitrogens with one attached hydrogen (secondary N) is 7. The van der Waals surface area contributed by atoms with Crippen LogP contribution in [0.25, 0.3) is 0 Å². The van der Waals surface area contributed by atoms with E-state index >= 15 is 0 Å². The number of benzene rings is 2. The number of H-pyrrole nitrogens is 1. The van der Waals surface area contributed by atoms with Crippen LogP contribution in [0.4, 0.5) is 0 Å². The molecule has 1 aromatic heterocycles. The molecule has 0 spiro atoms. The summed E-state index contributed by atoms with van der Waals surface area (Å²) in [5.74, 6) is -8.81. The normalized spacial score (nSPS) is 16.2. The van der Waals surface area contributed by atoms with Gasteiger partial charge < -0.3 is 73.9 Å². The van der Waals surface area contributed by atoms with Gasteiger partial charge in [-0.2, -0.15) is 0 Å². The van der Waals surface area contributed by atoms with Crippen LogP contribution < -0.4 is 49.1 Å². The minimum atomic E-state index is -1.51. The lowest BCUT2D eigenvalue weighted by molar-refractivity contribution is -0.148. The first-order chi connectivity index (χ1) is 36.6. The number of nitrogens with two attached hydrogens (primary N) is 3. The SMILES string of the molecule is CCOC(=O)[C@H](Cc1ccccc1)NC(=O)[C@@H]1CCCN1C(=O)[C@H](Cc1cnc[nH]1)NC(=O)[C@@H](NC(=O)[C@H](Cc1ccc(O)cc1)NC(=O)[C@@H](NC(=O)[C@H](CCCN=C(N)N)NC(=O)[C@@H](N)CC(=O)O)C(C)C)[C@@H](C)CC. The van der Waals surface area contributed by atoms with Crippen molar-refractivity contribution >= 4 is 59.2 Å². The molecule has 4 rings (SSSR count). The highest BCUT2D eigenvalue weighted by atomic mass is 16.5. The molecular formula is C52H75N13O12. The molecule has 1 aliphatic heterocycles. The molecule has 0 unspecified atom stereocenters. The standard InChI is InChI=1S/C52H75N13O12/c1-6-30(5)43(49(74)61-38(25-33-27-56-28-58-33)50(75)65-22-12-16-40(65)47(72)62-39(51(76)77-7-2)24-31-13-9-8-10-14-31)64-46(71)37(23-32-17-19-34(66)20-18-32)60-48(73)42(29(3)4)63-45(70)36(15-11-21-57-52(54)55)59-44(69)35(53)26-41(67)68/h8-10,13-14,17-20,27-30,35-40,42-43,66H,6-7,11-12,15-16,21-26,53H2,1-5H3,(H,56,58)(H,59,69)(H,60,73)(H,61,74)(H,62,72)(H,63,70)(H,64,71)(H,67,68)(H4,54,55,57)/t30-,35-,36-,37-,38-,39-,40-,42-,43-/m0/s1. The van der Waals surface area contributed by atoms with Crippen LogP contribution >= 0.6 is 0 Å². The van der Waals surface area contributed by atoms with Gasteiger partial charge in [-0.1, -0.05) is 76.6 Å². The number of rotatable bonds is 30. The van der Waals surface area contributed by atoms with E-state index in [9.17, 15) is 53.4 Å². The number of guanidine groups is 1. The number of nitrogens with zero attached hydrogens (tertiary/aromatic N) is 3. The molecule has 1 saturated heterocycles. The molecule has 15 N–H and O–H groups in total. The van der Waals surface area contributed by atoms with E-state index < -0.39 is 120 Å². The number of carboxylic acids is 1. The van der Waals surface area contributed by atoms with Crippen molar-refractivity contribution in [3.63, 3.8) is 0 Å². The number of amides is 7. The molecule has 25 heteroatoms. The molecule has 1 fully saturated rings. The number of esters is 1. The summed E-state index contributed by atoms with van der Waals surface area (Å²) >= 11 is 0. The Kier molecular flexibility index (Phi) is 24.3. The van der Waals surface area contributed by atoms with Crippen LogP contribution in [-0.2, 0) is 67.2 Å². The summed E-state index contributed by atoms with van der Waals surface area (Å²) in [5, 5.41) is 35.4. The Morgan fingerprint density at radius 3 is 1.99 bits per heavy atom. The van der Waals surface area contributed by atoms with Crippen LogP contribution in [0.3, 0.4) is 0 Å². The van der Waals surface area contributed by atoms with E-state index in [2.05, 4.69) is 46.9 Å². The number of phenolic OH excluding ortho intramolecular Hbond substituents is 1. The Labute approximate surface area is 447 Å². The predicted molar refractivity (Wildman–Crippen MR) is 282 cm³/mol. The van der Waals surface area contributed by atoms with Gasteiger partial charge in [0, 0.05) is 44.2 Å². The maximum atomic E-state index is 14.7. The number of aromatic amines is 1. The third kappa shape index (κ3) is 19.5. The van der Waals surface area contributed by atoms with Gasteiger partial charge in [0.15, 0.2) is 5.96 Å². The summed E-state index contributed by atoms with van der Waals surface area (Å²) in [6.07, 6.45) is 3.23. The lowest BCUT2D eigenvalue weighted by Crippen LogP contribution is -2.62. The number of imidazole rings is 1. The first kappa shape index (κ1) is 61.5. The number of carbonyl (C=O) groups is 9. The van der Waals surface area contributed by atoms with Crippen molar-refractivity contribution in [1.29, 1.82) is 0 Å². The Morgan fingerprint density at radius 2 is 1.38 bits per heavy atom. The molecule has 3 aromatic rings. The van der Waals surface area contributed by atoms with Crippen molar-refractivity contribution in [1.82, 2.24) is 46.8 Å². The number of aliphatic carboxylic acids is 1. The first-order valence-corrected chi connectivity index (χ1v) is 25.7. The lowest BCUT2D eigenvalue weighted by Gasteiger charge is -2.32. The quantitative estimate of drug-likeness (QED) is 0.0168. The Balaban J connectivity index is 1.60. The van der Waals surface area contributed by atoms with Crippen molar-refractivity contribution in [2.24, 2.45) is 34.0 Å². The summed E-state index contributed by atoms with van der Waals surface area (Å²) in [4.78, 5) is 136. The average Bonchev–Trinajstić information content (AvgIpc) is 4.11. The number of likely N-dealkylation sites (tertiary alicyclic amines) is 1. The van der Waals surface area contributed by atoms with Gasteiger partial charge in [0.2, 0.25) is 41.4 Å². The van der Waals surface area contributed by atoms with Crippen molar-refractivity contribution in [2.75, 3.05) is 19.7 Å². The minimum absolute atomic E-state index is 0.0550. The molecule has 2 heterocycles. The monoisotopic (exact) mass is 1070 g/mol. The fourth-order valence-corrected chi connectivity index (χ4v) is 8.55. The van der Waals surface area contributed by atoms with Crippen LogP contribution in [-0.4, -0.2) is 152 Å². The van der Waals surface area contributed by atoms with Crippen LogP contribution in [0.5, 0.6) is 5.75 Å². The highest BCUT2D eigenvalue weighted by Gasteiger charge is 2.41. The van der Waals surface area contributed by atoms with Gasteiger partial charge in [-0.3, -0.25) is 43.3 Å². The number of aromatic hydroxyl groups is 1. The Bertz CT molecular complexity index is 2490. The first-order valence-electron chi connectivity index (χ1n) is 25.7. The third-order valence-electron chi connectivity index (χ3n) is 13.0. The number of carboxylic acid groups (broad SMARTS) is 1. The van der Waals surface area contributed by atoms with E-state index in [1.165, 1.54) is 41.7 Å². The van der Waals surface area contributed by atoms with Gasteiger partial charge in [-0.05, 0) is 67.7 Å². The van der Waals surface area contributed by atoms with Gasteiger partial charge in [0.1, 0.15) is 48.0 Å². The van der Waals surface area contributed by atoms with Crippen molar-refractivity contribution < 1.29 is 58.1 Å². The molecule has 0 radical (unpaired) electrons. The molecule has 77 heavy (non-hydrogen) atoms. The zero-order chi connectivity index (χ0) is 56.8. The summed E-state index contributed by atoms with van der Waals surface area (Å²) in [5.41, 5.74) is 18.4. The van der Waals surface area contributed by atoms with Crippen molar-refractivity contribution in [3.8, 4) is 5.75 Å². The largest absolute Gasteiger partial charge is 0.508 e. The van der Waals surface area contributed by atoms with Crippen LogP contribution in [0.2, 0.25) is 0 Å². The fraction of sp³-hybridized carbons (Fsp3) is 0.519. The highest BCUT2D eigenvalue weighted by molar-refractivity contribution is 5.98. The summed E-state index contributed by atoms with van der Waals surface area (Å²) in [6.45, 7) is 8.72. The van der Waals surface area contributed by atoms with E-state index in [4.69, 9.17) is 21.9 Å². The van der Waals surface area contributed by atoms with Gasteiger partial charge in [-0.15, -0.1) is 0 Å². The molecule has 0 aliphatic carbocycles. The van der Waals surface area contributed by atoms with Crippen molar-refractivity contribution in [3.05, 3.63) is 83.9 Å². The Morgan fingerprint density at radius 1 is 0.766 bits per heavy atom. The zero-order valence-corrected chi connectivity index (χ0v) is 44.2. The van der Waals surface area contributed by atoms with Gasteiger partial charge in [-0.25, -0.2) is 9.78 Å². The smallest absolute Gasteiger partial charge is 0.328 e. The van der Waals surface area contributed by atoms with Crippen molar-refractivity contribution in [2.45, 2.75) is 141 Å². The second-order valence-corrected chi connectivity index (χ2v) is 19.3. The number of aliphatic imine (C=N–C) groups is 1. The predicted octanol–water partition coefficient (Wildman–Crippen LogP) is -0.836. The van der Waals surface area contributed by atoms with Gasteiger partial charge >= 0.3 is 11.9 Å². The number of carbonyl (C=O) groups excluding carboxylic acids is 8. The maximum Gasteiger partial charge on any atom is 0.328 e. The number of aromatic nitrogens is 2. The highest BCUT2D eigenvalue weighted by Crippen LogP contribution is 2.21. The van der Waals surface area contributed by atoms with E-state index in [0.29, 0.717) is 24.1 Å². The number of phenols is 1. The topological polar surface area (TPSA) is 398 Å². The van der Waals surface area contributed by atoms with Gasteiger partial charge in [0.25, 0.3) is 0 Å². The maximum absolute atomic E-state index is 14.7. The number of ether oxygens (including phenoxy) is 1. The molecule has 9 atom stereocenters. The number of hydrogen-bond acceptors (Lipinski definition) is 14. The minimum Gasteiger partial charge on any atom is -0.508 e. The summed E-state index contributed by atoms with van der Waals surface area (Å²) in [7, 11) is 0. The van der Waals surface area contributed by atoms with E-state index in [1.54, 1.807) is 46.8 Å². The molecule has 2 aromatic carbocycles.